The third-order valence-corrected chi connectivity index (χ3v) is 5.54. The third-order valence-electron chi connectivity index (χ3n) is 4.22. The maximum atomic E-state index is 5.98. The van der Waals surface area contributed by atoms with Crippen LogP contribution >= 0.6 is 23.4 Å². The number of hydrogen-bond acceptors (Lipinski definition) is 3. The molecule has 2 aromatic heterocycles. The van der Waals surface area contributed by atoms with Crippen molar-refractivity contribution in [1.29, 1.82) is 0 Å². The van der Waals surface area contributed by atoms with Crippen LogP contribution in [0.25, 0.3) is 16.8 Å². The molecule has 0 bridgehead atoms. The predicted octanol–water partition coefficient (Wildman–Crippen LogP) is 5.96. The number of nitrogens with zero attached hydrogens (tertiary/aromatic N) is 3. The Labute approximate surface area is 162 Å². The number of rotatable bonds is 4. The molecule has 5 heteroatoms. The highest BCUT2D eigenvalue weighted by Crippen LogP contribution is 2.31. The number of hydrogen-bond donors (Lipinski definition) is 0. The number of halogens is 1. The molecule has 0 aliphatic carbocycles. The molecule has 0 radical (unpaired) electrons. The molecule has 4 rings (SSSR count). The lowest BCUT2D eigenvalue weighted by atomic mass is 10.1. The molecule has 2 aromatic carbocycles. The van der Waals surface area contributed by atoms with Crippen LogP contribution in [0.15, 0.2) is 65.7 Å². The molecule has 0 spiro atoms. The Morgan fingerprint density at radius 3 is 2.46 bits per heavy atom. The number of benzene rings is 2. The topological polar surface area (TPSA) is 30.2 Å². The van der Waals surface area contributed by atoms with E-state index in [2.05, 4.69) is 30.3 Å². The average molecular weight is 380 g/mol. The van der Waals surface area contributed by atoms with Gasteiger partial charge in [0.15, 0.2) is 5.65 Å². The molecule has 0 saturated heterocycles. The summed E-state index contributed by atoms with van der Waals surface area (Å²) in [6, 6.07) is 20.4. The molecule has 2 heterocycles. The first-order chi connectivity index (χ1) is 12.6. The van der Waals surface area contributed by atoms with Gasteiger partial charge in [0.1, 0.15) is 5.03 Å². The number of thioether (sulfide) groups is 1. The molecular formula is C21H18ClN3S. The standard InChI is InChI=1S/C21H18ClN3S/c1-14-12-19(26-13-16-8-10-18(22)11-9-16)25-21(23-14)20(15(2)24-25)17-6-4-3-5-7-17/h3-12H,13H2,1-2H3. The number of fused-ring (bicyclic) bond motifs is 1. The second-order valence-corrected chi connectivity index (χ2v) is 7.64. The molecule has 0 aliphatic heterocycles. The first kappa shape index (κ1) is 17.1. The summed E-state index contributed by atoms with van der Waals surface area (Å²) in [5.74, 6) is 0.856. The highest BCUT2D eigenvalue weighted by Gasteiger charge is 2.16. The molecular weight excluding hydrogens is 362 g/mol. The van der Waals surface area contributed by atoms with E-state index in [1.54, 1.807) is 11.8 Å². The van der Waals surface area contributed by atoms with Crippen molar-refractivity contribution in [3.63, 3.8) is 0 Å². The first-order valence-electron chi connectivity index (χ1n) is 8.41. The van der Waals surface area contributed by atoms with Crippen molar-refractivity contribution in [2.45, 2.75) is 24.6 Å². The summed E-state index contributed by atoms with van der Waals surface area (Å²) >= 11 is 7.73. The maximum absolute atomic E-state index is 5.98. The summed E-state index contributed by atoms with van der Waals surface area (Å²) in [6.07, 6.45) is 0. The summed E-state index contributed by atoms with van der Waals surface area (Å²) in [5.41, 5.74) is 6.37. The molecule has 0 N–H and O–H groups in total. The van der Waals surface area contributed by atoms with Crippen LogP contribution in [0.3, 0.4) is 0 Å². The molecule has 130 valence electrons. The normalized spacial score (nSPS) is 11.2. The number of aromatic nitrogens is 3. The summed E-state index contributed by atoms with van der Waals surface area (Å²) in [6.45, 7) is 4.07. The highest BCUT2D eigenvalue weighted by atomic mass is 35.5. The molecule has 4 aromatic rings. The fourth-order valence-electron chi connectivity index (χ4n) is 2.99. The van der Waals surface area contributed by atoms with Gasteiger partial charge in [0.05, 0.1) is 5.69 Å². The second kappa shape index (κ2) is 7.14. The van der Waals surface area contributed by atoms with E-state index in [4.69, 9.17) is 21.7 Å². The Bertz CT molecular complexity index is 1060. The van der Waals surface area contributed by atoms with E-state index in [0.29, 0.717) is 0 Å². The molecule has 0 fully saturated rings. The van der Waals surface area contributed by atoms with Crippen LogP contribution < -0.4 is 0 Å². The summed E-state index contributed by atoms with van der Waals surface area (Å²) in [5, 5.41) is 6.62. The van der Waals surface area contributed by atoms with E-state index in [1.165, 1.54) is 5.56 Å². The Morgan fingerprint density at radius 2 is 1.73 bits per heavy atom. The van der Waals surface area contributed by atoms with Crippen LogP contribution in [0, 0.1) is 13.8 Å². The Balaban J connectivity index is 1.75. The van der Waals surface area contributed by atoms with Gasteiger partial charge in [-0.05, 0) is 43.2 Å². The summed E-state index contributed by atoms with van der Waals surface area (Å²) in [7, 11) is 0. The molecule has 0 saturated carbocycles. The zero-order valence-electron chi connectivity index (χ0n) is 14.6. The van der Waals surface area contributed by atoms with Crippen molar-refractivity contribution in [2.24, 2.45) is 0 Å². The van der Waals surface area contributed by atoms with E-state index in [1.807, 2.05) is 48.7 Å². The van der Waals surface area contributed by atoms with Crippen molar-refractivity contribution in [3.05, 3.63) is 82.6 Å². The smallest absolute Gasteiger partial charge is 0.164 e. The third kappa shape index (κ3) is 3.35. The minimum absolute atomic E-state index is 0.760. The minimum Gasteiger partial charge on any atom is -0.233 e. The van der Waals surface area contributed by atoms with Gasteiger partial charge in [-0.15, -0.1) is 11.8 Å². The van der Waals surface area contributed by atoms with Crippen LogP contribution in [0.5, 0.6) is 0 Å². The van der Waals surface area contributed by atoms with Crippen LogP contribution in [0.4, 0.5) is 0 Å². The van der Waals surface area contributed by atoms with Crippen LogP contribution in [0.1, 0.15) is 17.0 Å². The minimum atomic E-state index is 0.760. The summed E-state index contributed by atoms with van der Waals surface area (Å²) < 4.78 is 1.96. The van der Waals surface area contributed by atoms with Gasteiger partial charge in [-0.1, -0.05) is 54.1 Å². The Morgan fingerprint density at radius 1 is 1.00 bits per heavy atom. The molecule has 0 amide bonds. The molecule has 0 unspecified atom stereocenters. The van der Waals surface area contributed by atoms with Gasteiger partial charge >= 0.3 is 0 Å². The maximum Gasteiger partial charge on any atom is 0.164 e. The lowest BCUT2D eigenvalue weighted by molar-refractivity contribution is 0.821. The second-order valence-electron chi connectivity index (χ2n) is 6.21. The van der Waals surface area contributed by atoms with E-state index in [-0.39, 0.29) is 0 Å². The average Bonchev–Trinajstić information content (AvgIpc) is 2.97. The van der Waals surface area contributed by atoms with Crippen LogP contribution in [-0.4, -0.2) is 14.6 Å². The fourth-order valence-corrected chi connectivity index (χ4v) is 4.13. The van der Waals surface area contributed by atoms with Crippen molar-refractivity contribution in [3.8, 4) is 11.1 Å². The van der Waals surface area contributed by atoms with E-state index in [0.717, 1.165) is 44.0 Å². The molecule has 0 atom stereocenters. The quantitative estimate of drug-likeness (QED) is 0.323. The lowest BCUT2D eigenvalue weighted by Gasteiger charge is -2.07. The van der Waals surface area contributed by atoms with Gasteiger partial charge in [-0.25, -0.2) is 9.50 Å². The summed E-state index contributed by atoms with van der Waals surface area (Å²) in [4.78, 5) is 4.77. The predicted molar refractivity (Wildman–Crippen MR) is 109 cm³/mol. The molecule has 3 nitrogen and oxygen atoms in total. The van der Waals surface area contributed by atoms with Gasteiger partial charge in [-0.3, -0.25) is 0 Å². The Kier molecular flexibility index (Phi) is 4.70. The van der Waals surface area contributed by atoms with Gasteiger partial charge in [0.2, 0.25) is 0 Å². The first-order valence-corrected chi connectivity index (χ1v) is 9.78. The monoisotopic (exact) mass is 379 g/mol. The van der Waals surface area contributed by atoms with E-state index >= 15 is 0 Å². The van der Waals surface area contributed by atoms with Gasteiger partial charge in [-0.2, -0.15) is 5.10 Å². The zero-order chi connectivity index (χ0) is 18.1. The van der Waals surface area contributed by atoms with Crippen molar-refractivity contribution < 1.29 is 0 Å². The SMILES string of the molecule is Cc1cc(SCc2ccc(Cl)cc2)n2nc(C)c(-c3ccccc3)c2n1. The van der Waals surface area contributed by atoms with Gasteiger partial charge in [0, 0.05) is 22.0 Å². The lowest BCUT2D eigenvalue weighted by Crippen LogP contribution is -1.97. The van der Waals surface area contributed by atoms with E-state index in [9.17, 15) is 0 Å². The van der Waals surface area contributed by atoms with Crippen LogP contribution in [-0.2, 0) is 5.75 Å². The van der Waals surface area contributed by atoms with Crippen LogP contribution in [0.2, 0.25) is 5.02 Å². The zero-order valence-corrected chi connectivity index (χ0v) is 16.2. The van der Waals surface area contributed by atoms with Crippen molar-refractivity contribution >= 4 is 29.0 Å². The molecule has 26 heavy (non-hydrogen) atoms. The van der Waals surface area contributed by atoms with Gasteiger partial charge < -0.3 is 0 Å². The number of aryl methyl sites for hydroxylation is 2. The van der Waals surface area contributed by atoms with E-state index < -0.39 is 0 Å². The Hall–Kier alpha value is -2.30. The molecule has 0 aliphatic rings. The fraction of sp³-hybridized carbons (Fsp3) is 0.143. The highest BCUT2D eigenvalue weighted by molar-refractivity contribution is 7.98. The van der Waals surface area contributed by atoms with Crippen molar-refractivity contribution in [2.75, 3.05) is 0 Å². The largest absolute Gasteiger partial charge is 0.233 e. The van der Waals surface area contributed by atoms with Crippen molar-refractivity contribution in [1.82, 2.24) is 14.6 Å². The van der Waals surface area contributed by atoms with Gasteiger partial charge in [0.25, 0.3) is 0 Å².